The molecule has 0 fully saturated rings. The van der Waals surface area contributed by atoms with Gasteiger partial charge in [0, 0.05) is 39.3 Å². The molecule has 0 unspecified atom stereocenters. The zero-order chi connectivity index (χ0) is 22.3. The fourth-order valence-electron chi connectivity index (χ4n) is 3.03. The second kappa shape index (κ2) is 10.2. The summed E-state index contributed by atoms with van der Waals surface area (Å²) in [6.07, 6.45) is 5.45. The molecule has 1 amide bonds. The van der Waals surface area contributed by atoms with E-state index in [1.54, 1.807) is 36.5 Å². The fourth-order valence-corrected chi connectivity index (χ4v) is 3.54. The molecule has 32 heavy (non-hydrogen) atoms. The van der Waals surface area contributed by atoms with Crippen molar-refractivity contribution in [2.24, 2.45) is 5.10 Å². The normalized spacial score (nSPS) is 10.9. The summed E-state index contributed by atoms with van der Waals surface area (Å²) in [4.78, 5) is 12.3. The maximum Gasteiger partial charge on any atom is 0.271 e. The van der Waals surface area contributed by atoms with Gasteiger partial charge in [-0.3, -0.25) is 4.79 Å². The van der Waals surface area contributed by atoms with Crippen molar-refractivity contribution >= 4 is 35.3 Å². The molecule has 0 aliphatic carbocycles. The van der Waals surface area contributed by atoms with Gasteiger partial charge in [-0.2, -0.15) is 5.10 Å². The number of nitrogens with zero attached hydrogens (tertiary/aromatic N) is 2. The minimum atomic E-state index is -0.291. The Bertz CT molecular complexity index is 1220. The first-order chi connectivity index (χ1) is 15.6. The highest BCUT2D eigenvalue weighted by molar-refractivity contribution is 6.35. The van der Waals surface area contributed by atoms with E-state index in [0.29, 0.717) is 21.4 Å². The molecule has 0 bridgehead atoms. The van der Waals surface area contributed by atoms with E-state index in [-0.39, 0.29) is 12.5 Å². The number of amides is 1. The van der Waals surface area contributed by atoms with Gasteiger partial charge in [0.15, 0.2) is 0 Å². The summed E-state index contributed by atoms with van der Waals surface area (Å²) in [6.45, 7) is 0.245. The van der Waals surface area contributed by atoms with Gasteiger partial charge >= 0.3 is 0 Å². The second-order valence-corrected chi connectivity index (χ2v) is 7.71. The molecule has 0 saturated carbocycles. The molecular formula is C25H19Cl2N3O2. The Kier molecular flexibility index (Phi) is 6.90. The molecule has 0 saturated heterocycles. The summed E-state index contributed by atoms with van der Waals surface area (Å²) >= 11 is 12.4. The predicted molar refractivity (Wildman–Crippen MR) is 128 cm³/mol. The van der Waals surface area contributed by atoms with Crippen molar-refractivity contribution in [2.45, 2.75) is 6.61 Å². The van der Waals surface area contributed by atoms with Crippen LogP contribution >= 0.6 is 23.2 Å². The van der Waals surface area contributed by atoms with Crippen LogP contribution in [-0.2, 0) is 6.61 Å². The first kappa shape index (κ1) is 21.7. The third kappa shape index (κ3) is 5.38. The first-order valence-corrected chi connectivity index (χ1v) is 10.6. The van der Waals surface area contributed by atoms with Crippen LogP contribution in [0.2, 0.25) is 10.0 Å². The topological polar surface area (TPSA) is 55.6 Å². The average molecular weight is 464 g/mol. The molecule has 1 aromatic heterocycles. The average Bonchev–Trinajstić information content (AvgIpc) is 3.34. The minimum Gasteiger partial charge on any atom is -0.489 e. The summed E-state index contributed by atoms with van der Waals surface area (Å²) in [5.41, 5.74) is 5.54. The Hall–Kier alpha value is -3.54. The molecule has 4 aromatic rings. The minimum absolute atomic E-state index is 0.245. The third-order valence-corrected chi connectivity index (χ3v) is 5.42. The summed E-state index contributed by atoms with van der Waals surface area (Å²) in [6, 6.07) is 23.8. The van der Waals surface area contributed by atoms with Gasteiger partial charge in [-0.1, -0.05) is 41.4 Å². The van der Waals surface area contributed by atoms with Gasteiger partial charge in [0.05, 0.1) is 6.21 Å². The van der Waals surface area contributed by atoms with E-state index < -0.39 is 0 Å². The van der Waals surface area contributed by atoms with Crippen molar-refractivity contribution in [2.75, 3.05) is 0 Å². The lowest BCUT2D eigenvalue weighted by molar-refractivity contribution is 0.0955. The zero-order valence-electron chi connectivity index (χ0n) is 16.9. The number of hydrogen-bond acceptors (Lipinski definition) is 3. The number of benzene rings is 3. The lowest BCUT2D eigenvalue weighted by Crippen LogP contribution is -2.17. The number of carbonyl (C=O) groups is 1. The van der Waals surface area contributed by atoms with Crippen molar-refractivity contribution in [3.8, 4) is 11.4 Å². The van der Waals surface area contributed by atoms with Gasteiger partial charge in [0.1, 0.15) is 12.4 Å². The molecule has 4 rings (SSSR count). The van der Waals surface area contributed by atoms with Crippen LogP contribution in [0, 0.1) is 0 Å². The summed E-state index contributed by atoms with van der Waals surface area (Å²) in [7, 11) is 0. The Labute approximate surface area is 195 Å². The van der Waals surface area contributed by atoms with Crippen molar-refractivity contribution in [3.63, 3.8) is 0 Å². The predicted octanol–water partition coefficient (Wildman–Crippen LogP) is 6.13. The van der Waals surface area contributed by atoms with E-state index in [1.165, 1.54) is 0 Å². The highest BCUT2D eigenvalue weighted by Gasteiger charge is 2.07. The highest BCUT2D eigenvalue weighted by Crippen LogP contribution is 2.26. The molecule has 5 nitrogen and oxygen atoms in total. The lowest BCUT2D eigenvalue weighted by atomic mass is 10.2. The van der Waals surface area contributed by atoms with Crippen molar-refractivity contribution in [1.29, 1.82) is 0 Å². The van der Waals surface area contributed by atoms with Crippen LogP contribution < -0.4 is 10.2 Å². The summed E-state index contributed by atoms with van der Waals surface area (Å²) in [5, 5.41) is 5.16. The number of rotatable bonds is 7. The molecule has 7 heteroatoms. The van der Waals surface area contributed by atoms with Gasteiger partial charge in [-0.25, -0.2) is 5.43 Å². The number of carbonyl (C=O) groups excluding carboxylic acids is 1. The fraction of sp³-hybridized carbons (Fsp3) is 0.0400. The van der Waals surface area contributed by atoms with Crippen LogP contribution in [0.3, 0.4) is 0 Å². The Balaban J connectivity index is 1.35. The van der Waals surface area contributed by atoms with Gasteiger partial charge in [-0.05, 0) is 66.2 Å². The van der Waals surface area contributed by atoms with E-state index in [0.717, 1.165) is 16.8 Å². The van der Waals surface area contributed by atoms with Gasteiger partial charge < -0.3 is 9.30 Å². The van der Waals surface area contributed by atoms with Crippen molar-refractivity contribution < 1.29 is 9.53 Å². The molecule has 0 aliphatic rings. The Morgan fingerprint density at radius 3 is 2.34 bits per heavy atom. The molecule has 160 valence electrons. The third-order valence-electron chi connectivity index (χ3n) is 4.71. The lowest BCUT2D eigenvalue weighted by Gasteiger charge is -2.09. The molecule has 3 aromatic carbocycles. The standard InChI is InChI=1S/C25H19Cl2N3O2/c26-23-7-4-8-24(27)22(23)17-32-21-6-3-5-18(15-21)16-28-29-25(31)19-9-11-20(12-10-19)30-13-1-2-14-30/h1-16H,17H2,(H,29,31)/b28-16+. The largest absolute Gasteiger partial charge is 0.489 e. The molecule has 0 spiro atoms. The van der Waals surface area contributed by atoms with E-state index in [2.05, 4.69) is 10.5 Å². The maximum atomic E-state index is 12.3. The van der Waals surface area contributed by atoms with Crippen molar-refractivity contribution in [1.82, 2.24) is 9.99 Å². The van der Waals surface area contributed by atoms with Crippen LogP contribution in [0.5, 0.6) is 5.75 Å². The van der Waals surface area contributed by atoms with Crippen LogP contribution in [0.4, 0.5) is 0 Å². The number of hydrazone groups is 1. The Morgan fingerprint density at radius 2 is 1.62 bits per heavy atom. The van der Waals surface area contributed by atoms with Gasteiger partial charge in [0.25, 0.3) is 5.91 Å². The van der Waals surface area contributed by atoms with E-state index in [1.807, 2.05) is 65.5 Å². The molecule has 0 atom stereocenters. The number of hydrogen-bond donors (Lipinski definition) is 1. The van der Waals surface area contributed by atoms with Crippen LogP contribution in [0.1, 0.15) is 21.5 Å². The quantitative estimate of drug-likeness (QED) is 0.264. The highest BCUT2D eigenvalue weighted by atomic mass is 35.5. The van der Waals surface area contributed by atoms with E-state index >= 15 is 0 Å². The number of nitrogens with one attached hydrogen (secondary N) is 1. The van der Waals surface area contributed by atoms with Crippen molar-refractivity contribution in [3.05, 3.63) is 118 Å². The summed E-state index contributed by atoms with van der Waals surface area (Å²) in [5.74, 6) is 0.345. The van der Waals surface area contributed by atoms with Crippen LogP contribution in [0.25, 0.3) is 5.69 Å². The zero-order valence-corrected chi connectivity index (χ0v) is 18.4. The molecular weight excluding hydrogens is 445 g/mol. The van der Waals surface area contributed by atoms with Crippen LogP contribution in [-0.4, -0.2) is 16.7 Å². The second-order valence-electron chi connectivity index (χ2n) is 6.90. The maximum absolute atomic E-state index is 12.3. The smallest absolute Gasteiger partial charge is 0.271 e. The van der Waals surface area contributed by atoms with Crippen LogP contribution in [0.15, 0.2) is 96.4 Å². The summed E-state index contributed by atoms with van der Waals surface area (Å²) < 4.78 is 7.78. The van der Waals surface area contributed by atoms with Gasteiger partial charge in [0.2, 0.25) is 0 Å². The molecule has 1 heterocycles. The molecule has 0 aliphatic heterocycles. The number of halogens is 2. The molecule has 1 N–H and O–H groups in total. The monoisotopic (exact) mass is 463 g/mol. The SMILES string of the molecule is O=C(N/N=C/c1cccc(OCc2c(Cl)cccc2Cl)c1)c1ccc(-n2cccc2)cc1. The van der Waals surface area contributed by atoms with Gasteiger partial charge in [-0.15, -0.1) is 0 Å². The Morgan fingerprint density at radius 1 is 0.938 bits per heavy atom. The van der Waals surface area contributed by atoms with E-state index in [9.17, 15) is 4.79 Å². The number of aromatic nitrogens is 1. The van der Waals surface area contributed by atoms with E-state index in [4.69, 9.17) is 27.9 Å². The molecule has 0 radical (unpaired) electrons. The first-order valence-electron chi connectivity index (χ1n) is 9.83. The number of ether oxygens (including phenoxy) is 1.